The molecule has 2 N–H and O–H groups in total. The van der Waals surface area contributed by atoms with E-state index in [-0.39, 0.29) is 17.2 Å². The molecule has 3 aromatic rings. The molecule has 0 saturated heterocycles. The van der Waals surface area contributed by atoms with Crippen molar-refractivity contribution in [2.75, 3.05) is 12.4 Å². The molecule has 134 valence electrons. The number of hydrogen-bond acceptors (Lipinski definition) is 3. The van der Waals surface area contributed by atoms with E-state index in [9.17, 15) is 14.7 Å². The van der Waals surface area contributed by atoms with E-state index in [0.29, 0.717) is 16.6 Å². The molecule has 0 aliphatic rings. The second-order valence-electron chi connectivity index (χ2n) is 5.24. The second-order valence-corrected chi connectivity index (χ2v) is 5.24. The predicted molar refractivity (Wildman–Crippen MR) is 103 cm³/mol. The van der Waals surface area contributed by atoms with Gasteiger partial charge in [-0.25, -0.2) is 4.79 Å². The molecule has 0 atom stereocenters. The molecule has 0 aliphatic carbocycles. The van der Waals surface area contributed by atoms with Gasteiger partial charge < -0.3 is 15.2 Å². The summed E-state index contributed by atoms with van der Waals surface area (Å²) in [6.07, 6.45) is 0. The molecule has 0 aliphatic heterocycles. The minimum Gasteiger partial charge on any atom is -0.496 e. The molecule has 0 aromatic heterocycles. The molecule has 26 heavy (non-hydrogen) atoms. The first-order chi connectivity index (χ1) is 12.6. The highest BCUT2D eigenvalue weighted by molar-refractivity contribution is 6.07. The van der Waals surface area contributed by atoms with Crippen molar-refractivity contribution in [3.8, 4) is 5.75 Å². The van der Waals surface area contributed by atoms with Gasteiger partial charge in [0.2, 0.25) is 0 Å². The van der Waals surface area contributed by atoms with Crippen molar-refractivity contribution in [1.29, 1.82) is 0 Å². The molecular formula is C21H21NO4. The summed E-state index contributed by atoms with van der Waals surface area (Å²) in [7, 11) is 1.43. The molecular weight excluding hydrogens is 330 g/mol. The number of anilines is 1. The largest absolute Gasteiger partial charge is 0.496 e. The number of para-hydroxylation sites is 1. The van der Waals surface area contributed by atoms with Crippen LogP contribution in [0.1, 0.15) is 34.6 Å². The third kappa shape index (κ3) is 4.19. The van der Waals surface area contributed by atoms with Crippen LogP contribution in [0.4, 0.5) is 5.69 Å². The standard InChI is InChI=1S/C19H15NO4.C2H6/c1-24-17-11-12-7-8-13(9-14(12)10-16(17)19(22)23)18(21)20-15-5-3-2-4-6-15;1-2/h2-11H,1H3,(H,20,21)(H,22,23);1-2H3. The molecule has 0 fully saturated rings. The van der Waals surface area contributed by atoms with E-state index in [1.807, 2.05) is 32.0 Å². The number of rotatable bonds is 4. The molecule has 5 nitrogen and oxygen atoms in total. The fraction of sp³-hybridized carbons (Fsp3) is 0.143. The normalized spacial score (nSPS) is 9.81. The lowest BCUT2D eigenvalue weighted by Crippen LogP contribution is -2.11. The van der Waals surface area contributed by atoms with Crippen LogP contribution in [0.2, 0.25) is 0 Å². The maximum atomic E-state index is 12.3. The molecule has 0 heterocycles. The maximum Gasteiger partial charge on any atom is 0.339 e. The SMILES string of the molecule is CC.COc1cc2ccc(C(=O)Nc3ccccc3)cc2cc1C(=O)O. The molecule has 3 rings (SSSR count). The Morgan fingerprint density at radius 1 is 0.923 bits per heavy atom. The summed E-state index contributed by atoms with van der Waals surface area (Å²) < 4.78 is 5.11. The van der Waals surface area contributed by atoms with E-state index in [1.165, 1.54) is 13.2 Å². The summed E-state index contributed by atoms with van der Waals surface area (Å²) in [5, 5.41) is 13.5. The van der Waals surface area contributed by atoms with Crippen LogP contribution in [0.3, 0.4) is 0 Å². The van der Waals surface area contributed by atoms with Gasteiger partial charge >= 0.3 is 5.97 Å². The van der Waals surface area contributed by atoms with Gasteiger partial charge in [-0.3, -0.25) is 4.79 Å². The van der Waals surface area contributed by atoms with Crippen LogP contribution < -0.4 is 10.1 Å². The Hall–Kier alpha value is -3.34. The lowest BCUT2D eigenvalue weighted by molar-refractivity contribution is 0.0693. The third-order valence-electron chi connectivity index (χ3n) is 3.68. The number of carbonyl (C=O) groups is 2. The highest BCUT2D eigenvalue weighted by atomic mass is 16.5. The summed E-state index contributed by atoms with van der Waals surface area (Å²) in [5.41, 5.74) is 1.21. The van der Waals surface area contributed by atoms with Gasteiger partial charge in [-0.2, -0.15) is 0 Å². The zero-order chi connectivity index (χ0) is 19.1. The van der Waals surface area contributed by atoms with Crippen LogP contribution in [-0.2, 0) is 0 Å². The van der Waals surface area contributed by atoms with Gasteiger partial charge in [-0.05, 0) is 47.2 Å². The fourth-order valence-electron chi connectivity index (χ4n) is 2.48. The molecule has 1 amide bonds. The molecule has 0 radical (unpaired) electrons. The van der Waals surface area contributed by atoms with Crippen molar-refractivity contribution < 1.29 is 19.4 Å². The zero-order valence-electron chi connectivity index (χ0n) is 14.9. The van der Waals surface area contributed by atoms with Gasteiger partial charge in [-0.15, -0.1) is 0 Å². The van der Waals surface area contributed by atoms with E-state index < -0.39 is 5.97 Å². The molecule has 0 unspecified atom stereocenters. The Morgan fingerprint density at radius 3 is 2.23 bits per heavy atom. The van der Waals surface area contributed by atoms with Gasteiger partial charge in [0.1, 0.15) is 11.3 Å². The number of ether oxygens (including phenoxy) is 1. The highest BCUT2D eigenvalue weighted by Crippen LogP contribution is 2.27. The fourth-order valence-corrected chi connectivity index (χ4v) is 2.48. The summed E-state index contributed by atoms with van der Waals surface area (Å²) in [4.78, 5) is 23.7. The van der Waals surface area contributed by atoms with Crippen LogP contribution in [0.15, 0.2) is 60.7 Å². The van der Waals surface area contributed by atoms with Crippen molar-refractivity contribution in [2.24, 2.45) is 0 Å². The second kappa shape index (κ2) is 8.67. The number of carboxylic acids is 1. The predicted octanol–water partition coefficient (Wildman–Crippen LogP) is 4.83. The van der Waals surface area contributed by atoms with Gasteiger partial charge in [0.25, 0.3) is 5.91 Å². The summed E-state index contributed by atoms with van der Waals surface area (Å²) in [6, 6.07) is 17.4. The minimum atomic E-state index is -1.08. The van der Waals surface area contributed by atoms with E-state index in [1.54, 1.807) is 36.4 Å². The Balaban J connectivity index is 0.00000117. The Morgan fingerprint density at radius 2 is 1.62 bits per heavy atom. The van der Waals surface area contributed by atoms with Crippen molar-refractivity contribution >= 4 is 28.3 Å². The van der Waals surface area contributed by atoms with Crippen molar-refractivity contribution in [3.63, 3.8) is 0 Å². The number of aromatic carboxylic acids is 1. The first-order valence-corrected chi connectivity index (χ1v) is 8.30. The summed E-state index contributed by atoms with van der Waals surface area (Å²) >= 11 is 0. The summed E-state index contributed by atoms with van der Waals surface area (Å²) in [5.74, 6) is -1.04. The van der Waals surface area contributed by atoms with Gasteiger partial charge in [0.05, 0.1) is 7.11 Å². The molecule has 0 spiro atoms. The highest BCUT2D eigenvalue weighted by Gasteiger charge is 2.14. The third-order valence-corrected chi connectivity index (χ3v) is 3.68. The minimum absolute atomic E-state index is 0.0608. The Labute approximate surface area is 152 Å². The number of benzene rings is 3. The monoisotopic (exact) mass is 351 g/mol. The number of nitrogens with one attached hydrogen (secondary N) is 1. The topological polar surface area (TPSA) is 75.6 Å². The smallest absolute Gasteiger partial charge is 0.339 e. The number of hydrogen-bond donors (Lipinski definition) is 2. The van der Waals surface area contributed by atoms with Gasteiger partial charge in [0, 0.05) is 11.3 Å². The lowest BCUT2D eigenvalue weighted by atomic mass is 10.0. The van der Waals surface area contributed by atoms with Gasteiger partial charge in [-0.1, -0.05) is 38.1 Å². The van der Waals surface area contributed by atoms with E-state index in [4.69, 9.17) is 4.74 Å². The number of methoxy groups -OCH3 is 1. The van der Waals surface area contributed by atoms with Crippen molar-refractivity contribution in [1.82, 2.24) is 0 Å². The molecule has 0 saturated carbocycles. The maximum absolute atomic E-state index is 12.3. The van der Waals surface area contributed by atoms with E-state index in [0.717, 1.165) is 5.39 Å². The van der Waals surface area contributed by atoms with Crippen LogP contribution in [-0.4, -0.2) is 24.1 Å². The van der Waals surface area contributed by atoms with Crippen molar-refractivity contribution in [3.05, 3.63) is 71.8 Å². The van der Waals surface area contributed by atoms with Crippen LogP contribution in [0.25, 0.3) is 10.8 Å². The average Bonchev–Trinajstić information content (AvgIpc) is 2.68. The lowest BCUT2D eigenvalue weighted by Gasteiger charge is -2.09. The van der Waals surface area contributed by atoms with Crippen LogP contribution in [0, 0.1) is 0 Å². The number of amides is 1. The molecule has 0 bridgehead atoms. The van der Waals surface area contributed by atoms with Crippen LogP contribution >= 0.6 is 0 Å². The van der Waals surface area contributed by atoms with E-state index in [2.05, 4.69) is 5.32 Å². The molecule has 5 heteroatoms. The van der Waals surface area contributed by atoms with Gasteiger partial charge in [0.15, 0.2) is 0 Å². The van der Waals surface area contributed by atoms with Crippen LogP contribution in [0.5, 0.6) is 5.75 Å². The number of carboxylic acid groups (broad SMARTS) is 1. The number of carbonyl (C=O) groups excluding carboxylic acids is 1. The first kappa shape index (κ1) is 19.0. The van der Waals surface area contributed by atoms with Crippen molar-refractivity contribution in [2.45, 2.75) is 13.8 Å². The quantitative estimate of drug-likeness (QED) is 0.706. The Bertz CT molecular complexity index is 920. The summed E-state index contributed by atoms with van der Waals surface area (Å²) in [6.45, 7) is 4.00. The zero-order valence-corrected chi connectivity index (χ0v) is 14.9. The van der Waals surface area contributed by atoms with E-state index >= 15 is 0 Å². The molecule has 3 aromatic carbocycles. The average molecular weight is 351 g/mol. The number of fused-ring (bicyclic) bond motifs is 1. The first-order valence-electron chi connectivity index (χ1n) is 8.30. The Kier molecular flexibility index (Phi) is 6.33.